The fraction of sp³-hybridized carbons (Fsp3) is 0.125. The van der Waals surface area contributed by atoms with Crippen molar-refractivity contribution in [3.05, 3.63) is 60.2 Å². The summed E-state index contributed by atoms with van der Waals surface area (Å²) in [4.78, 5) is 11.9. The van der Waals surface area contributed by atoms with Crippen LogP contribution < -0.4 is 15.8 Å². The molecule has 0 bridgehead atoms. The number of nitrogens with two attached hydrogens (primary N) is 1. The molecule has 5 heteroatoms. The van der Waals surface area contributed by atoms with Gasteiger partial charge in [-0.1, -0.05) is 18.2 Å². The summed E-state index contributed by atoms with van der Waals surface area (Å²) >= 11 is 0. The minimum atomic E-state index is -0.488. The monoisotopic (exact) mass is 283 g/mol. The molecule has 1 unspecified atom stereocenters. The van der Waals surface area contributed by atoms with Gasteiger partial charge in [-0.15, -0.1) is 0 Å². The van der Waals surface area contributed by atoms with Gasteiger partial charge in [0, 0.05) is 5.56 Å². The normalized spacial score (nSPS) is 11.5. The summed E-state index contributed by atoms with van der Waals surface area (Å²) in [7, 11) is 0. The van der Waals surface area contributed by atoms with Crippen molar-refractivity contribution in [1.29, 1.82) is 5.41 Å². The average molecular weight is 283 g/mol. The molecule has 0 aliphatic carbocycles. The number of nitrogens with one attached hydrogen (secondary N) is 2. The highest BCUT2D eigenvalue weighted by atomic mass is 16.5. The molecular weight excluding hydrogens is 266 g/mol. The third kappa shape index (κ3) is 4.07. The Hall–Kier alpha value is -2.82. The van der Waals surface area contributed by atoms with Gasteiger partial charge >= 0.3 is 0 Å². The van der Waals surface area contributed by atoms with Crippen LogP contribution in [0.4, 0.5) is 0 Å². The molecule has 0 saturated carbocycles. The van der Waals surface area contributed by atoms with Crippen LogP contribution in [0.1, 0.15) is 17.3 Å². The van der Waals surface area contributed by atoms with E-state index in [1.165, 1.54) is 0 Å². The van der Waals surface area contributed by atoms with Crippen molar-refractivity contribution in [2.24, 2.45) is 5.73 Å². The highest BCUT2D eigenvalue weighted by Gasteiger charge is 2.11. The van der Waals surface area contributed by atoms with Gasteiger partial charge in [0.15, 0.2) is 0 Å². The number of benzene rings is 2. The van der Waals surface area contributed by atoms with E-state index in [2.05, 4.69) is 5.32 Å². The van der Waals surface area contributed by atoms with Crippen LogP contribution in [-0.2, 0) is 0 Å². The largest absolute Gasteiger partial charge is 0.457 e. The van der Waals surface area contributed by atoms with Crippen molar-refractivity contribution >= 4 is 11.7 Å². The van der Waals surface area contributed by atoms with Gasteiger partial charge in [-0.3, -0.25) is 10.2 Å². The lowest BCUT2D eigenvalue weighted by atomic mass is 10.2. The quantitative estimate of drug-likeness (QED) is 0.582. The van der Waals surface area contributed by atoms with Gasteiger partial charge in [-0.2, -0.15) is 0 Å². The van der Waals surface area contributed by atoms with E-state index in [4.69, 9.17) is 15.9 Å². The summed E-state index contributed by atoms with van der Waals surface area (Å²) in [6, 6.07) is 15.7. The van der Waals surface area contributed by atoms with Crippen LogP contribution in [0.5, 0.6) is 11.5 Å². The van der Waals surface area contributed by atoms with E-state index in [-0.39, 0.29) is 11.7 Å². The maximum absolute atomic E-state index is 11.9. The van der Waals surface area contributed by atoms with E-state index in [9.17, 15) is 4.79 Å². The summed E-state index contributed by atoms with van der Waals surface area (Å²) in [5.74, 6) is 1.04. The number of ether oxygens (including phenoxy) is 1. The molecule has 0 radical (unpaired) electrons. The van der Waals surface area contributed by atoms with Crippen LogP contribution in [0.15, 0.2) is 54.6 Å². The molecule has 0 aliphatic rings. The number of amides is 1. The molecule has 5 nitrogen and oxygen atoms in total. The van der Waals surface area contributed by atoms with Crippen LogP contribution in [0, 0.1) is 5.41 Å². The number of carbonyl (C=O) groups is 1. The smallest absolute Gasteiger partial charge is 0.251 e. The number of rotatable bonds is 5. The lowest BCUT2D eigenvalue weighted by Crippen LogP contribution is -2.41. The minimum absolute atomic E-state index is 0.0765. The van der Waals surface area contributed by atoms with Gasteiger partial charge in [0.1, 0.15) is 17.3 Å². The van der Waals surface area contributed by atoms with Crippen LogP contribution in [0.25, 0.3) is 0 Å². The SMILES string of the molecule is CC(NC(=O)c1ccc(Oc2ccccc2)cc1)C(=N)N. The number of amidine groups is 1. The molecule has 1 amide bonds. The second-order valence-corrected chi connectivity index (χ2v) is 4.59. The Morgan fingerprint density at radius 3 is 2.24 bits per heavy atom. The summed E-state index contributed by atoms with van der Waals surface area (Å²) in [6.07, 6.45) is 0. The lowest BCUT2D eigenvalue weighted by molar-refractivity contribution is 0.0949. The van der Waals surface area contributed by atoms with E-state index in [1.807, 2.05) is 30.3 Å². The zero-order valence-corrected chi connectivity index (χ0v) is 11.7. The Morgan fingerprint density at radius 1 is 1.10 bits per heavy atom. The Balaban J connectivity index is 2.02. The molecule has 1 atom stereocenters. The predicted molar refractivity (Wildman–Crippen MR) is 81.8 cm³/mol. The van der Waals surface area contributed by atoms with Crippen molar-refractivity contribution < 1.29 is 9.53 Å². The maximum atomic E-state index is 11.9. The Bertz CT molecular complexity index is 624. The number of hydrogen-bond donors (Lipinski definition) is 3. The zero-order valence-electron chi connectivity index (χ0n) is 11.7. The molecule has 2 aromatic carbocycles. The topological polar surface area (TPSA) is 88.2 Å². The fourth-order valence-electron chi connectivity index (χ4n) is 1.66. The molecule has 0 aliphatic heterocycles. The third-order valence-corrected chi connectivity index (χ3v) is 2.91. The summed E-state index contributed by atoms with van der Waals surface area (Å²) in [5.41, 5.74) is 5.81. The second kappa shape index (κ2) is 6.56. The molecule has 4 N–H and O–H groups in total. The minimum Gasteiger partial charge on any atom is -0.457 e. The van der Waals surface area contributed by atoms with Crippen LogP contribution in [0.3, 0.4) is 0 Å². The summed E-state index contributed by atoms with van der Waals surface area (Å²) in [6.45, 7) is 1.66. The highest BCUT2D eigenvalue weighted by molar-refractivity contribution is 5.97. The van der Waals surface area contributed by atoms with Crippen LogP contribution in [-0.4, -0.2) is 17.8 Å². The summed E-state index contributed by atoms with van der Waals surface area (Å²) in [5, 5.41) is 9.89. The van der Waals surface area contributed by atoms with E-state index in [0.717, 1.165) is 5.75 Å². The molecule has 21 heavy (non-hydrogen) atoms. The van der Waals surface area contributed by atoms with Crippen molar-refractivity contribution in [2.45, 2.75) is 13.0 Å². The van der Waals surface area contributed by atoms with E-state index in [1.54, 1.807) is 31.2 Å². The van der Waals surface area contributed by atoms with Crippen LogP contribution in [0.2, 0.25) is 0 Å². The molecule has 0 fully saturated rings. The number of hydrogen-bond acceptors (Lipinski definition) is 3. The van der Waals surface area contributed by atoms with Gasteiger partial charge in [0.2, 0.25) is 0 Å². The van der Waals surface area contributed by atoms with E-state index < -0.39 is 6.04 Å². The second-order valence-electron chi connectivity index (χ2n) is 4.59. The lowest BCUT2D eigenvalue weighted by Gasteiger charge is -2.12. The molecule has 0 spiro atoms. The fourth-order valence-corrected chi connectivity index (χ4v) is 1.66. The highest BCUT2D eigenvalue weighted by Crippen LogP contribution is 2.21. The molecule has 0 saturated heterocycles. The average Bonchev–Trinajstić information content (AvgIpc) is 2.48. The standard InChI is InChI=1S/C16H17N3O2/c1-11(15(17)18)19-16(20)12-7-9-14(10-8-12)21-13-5-3-2-4-6-13/h2-11H,1H3,(H3,17,18)(H,19,20). The maximum Gasteiger partial charge on any atom is 0.251 e. The third-order valence-electron chi connectivity index (χ3n) is 2.91. The molecule has 108 valence electrons. The van der Waals surface area contributed by atoms with E-state index >= 15 is 0 Å². The first-order chi connectivity index (χ1) is 10.1. The van der Waals surface area contributed by atoms with Crippen molar-refractivity contribution in [2.75, 3.05) is 0 Å². The Labute approximate surface area is 123 Å². The first-order valence-corrected chi connectivity index (χ1v) is 6.54. The van der Waals surface area contributed by atoms with E-state index in [0.29, 0.717) is 11.3 Å². The van der Waals surface area contributed by atoms with Gasteiger partial charge in [0.05, 0.1) is 6.04 Å². The van der Waals surface area contributed by atoms with Gasteiger partial charge in [0.25, 0.3) is 5.91 Å². The first-order valence-electron chi connectivity index (χ1n) is 6.54. The Kier molecular flexibility index (Phi) is 4.56. The molecule has 0 aromatic heterocycles. The Morgan fingerprint density at radius 2 is 1.67 bits per heavy atom. The zero-order chi connectivity index (χ0) is 15.2. The van der Waals surface area contributed by atoms with Crippen molar-refractivity contribution in [1.82, 2.24) is 5.32 Å². The summed E-state index contributed by atoms with van der Waals surface area (Å²) < 4.78 is 5.65. The van der Waals surface area contributed by atoms with Crippen LogP contribution >= 0.6 is 0 Å². The number of carbonyl (C=O) groups excluding carboxylic acids is 1. The van der Waals surface area contributed by atoms with Gasteiger partial charge in [-0.05, 0) is 43.3 Å². The molecule has 2 rings (SSSR count). The van der Waals surface area contributed by atoms with Crippen molar-refractivity contribution in [3.63, 3.8) is 0 Å². The number of para-hydroxylation sites is 1. The molecule has 0 heterocycles. The molecular formula is C16H17N3O2. The molecule has 2 aromatic rings. The van der Waals surface area contributed by atoms with Gasteiger partial charge < -0.3 is 15.8 Å². The first kappa shape index (κ1) is 14.6. The predicted octanol–water partition coefficient (Wildman–Crippen LogP) is 2.53. The van der Waals surface area contributed by atoms with Gasteiger partial charge in [-0.25, -0.2) is 0 Å². The van der Waals surface area contributed by atoms with Crippen molar-refractivity contribution in [3.8, 4) is 11.5 Å².